The first kappa shape index (κ1) is 29.8. The topological polar surface area (TPSA) is 48.5 Å². The third-order valence-electron chi connectivity index (χ3n) is 9.78. The van der Waals surface area contributed by atoms with Crippen molar-refractivity contribution in [1.29, 1.82) is 0 Å². The fourth-order valence-electron chi connectivity index (χ4n) is 7.34. The molecule has 10 aromatic rings. The van der Waals surface area contributed by atoms with Crippen LogP contribution in [0.5, 0.6) is 0 Å². The third kappa shape index (κ3) is 5.07. The average Bonchev–Trinajstić information content (AvgIpc) is 3.81. The SMILES string of the molecule is c1ccc(-c2cccc(-n3c4ccccc4c4ccc5ccn(-c6cccc(-c7nc(-c8ccccc8)nc(-c8ccccc8)n7)c6)c5c43)c2)cc1. The van der Waals surface area contributed by atoms with E-state index in [2.05, 4.69) is 137 Å². The minimum atomic E-state index is 0.628. The Morgan fingerprint density at radius 3 is 1.58 bits per heavy atom. The van der Waals surface area contributed by atoms with Crippen molar-refractivity contribution in [3.63, 3.8) is 0 Å². The average molecular weight is 666 g/mol. The summed E-state index contributed by atoms with van der Waals surface area (Å²) in [6.07, 6.45) is 2.17. The molecule has 0 spiro atoms. The summed E-state index contributed by atoms with van der Waals surface area (Å²) in [5.41, 5.74) is 10.8. The van der Waals surface area contributed by atoms with Crippen LogP contribution in [0.3, 0.4) is 0 Å². The van der Waals surface area contributed by atoms with E-state index >= 15 is 0 Å². The smallest absolute Gasteiger partial charge is 0.164 e. The lowest BCUT2D eigenvalue weighted by molar-refractivity contribution is 1.07. The molecule has 10 rings (SSSR count). The molecule has 0 aliphatic heterocycles. The molecule has 0 aliphatic carbocycles. The van der Waals surface area contributed by atoms with E-state index in [0.717, 1.165) is 39.1 Å². The molecule has 5 heteroatoms. The monoisotopic (exact) mass is 665 g/mol. The molecule has 0 saturated carbocycles. The van der Waals surface area contributed by atoms with Crippen molar-refractivity contribution in [1.82, 2.24) is 24.1 Å². The van der Waals surface area contributed by atoms with E-state index in [4.69, 9.17) is 15.0 Å². The largest absolute Gasteiger partial charge is 0.315 e. The van der Waals surface area contributed by atoms with Crippen molar-refractivity contribution < 1.29 is 0 Å². The molecule has 5 nitrogen and oxygen atoms in total. The second kappa shape index (κ2) is 12.3. The molecular weight excluding hydrogens is 635 g/mol. The van der Waals surface area contributed by atoms with Gasteiger partial charge in [0.1, 0.15) is 0 Å². The van der Waals surface area contributed by atoms with E-state index in [1.165, 1.54) is 32.8 Å². The molecule has 0 unspecified atom stereocenters. The van der Waals surface area contributed by atoms with Gasteiger partial charge in [0.15, 0.2) is 17.5 Å². The van der Waals surface area contributed by atoms with E-state index < -0.39 is 0 Å². The number of hydrogen-bond acceptors (Lipinski definition) is 3. The number of hydrogen-bond donors (Lipinski definition) is 0. The zero-order valence-corrected chi connectivity index (χ0v) is 28.1. The number of nitrogens with zero attached hydrogens (tertiary/aromatic N) is 5. The van der Waals surface area contributed by atoms with Crippen LogP contribution in [0.15, 0.2) is 188 Å². The lowest BCUT2D eigenvalue weighted by Crippen LogP contribution is -2.01. The van der Waals surface area contributed by atoms with Gasteiger partial charge in [-0.15, -0.1) is 0 Å². The molecular formula is C47H31N5. The van der Waals surface area contributed by atoms with Crippen LogP contribution in [0.1, 0.15) is 0 Å². The summed E-state index contributed by atoms with van der Waals surface area (Å²) in [7, 11) is 0. The summed E-state index contributed by atoms with van der Waals surface area (Å²) in [6.45, 7) is 0. The Labute approximate surface area is 300 Å². The molecule has 0 atom stereocenters. The Kier molecular flexibility index (Phi) is 7.07. The standard InChI is InChI=1S/C47H31N5/c1-4-14-32(15-5-1)36-20-12-23-39(30-36)52-42-25-11-10-24-40(42)41-27-26-33-28-29-51(43(33)44(41)52)38-22-13-21-37(31-38)47-49-45(34-16-6-2-7-17-34)48-46(50-47)35-18-8-3-9-19-35/h1-31H. The molecule has 3 heterocycles. The van der Waals surface area contributed by atoms with Crippen LogP contribution in [0.2, 0.25) is 0 Å². The number of para-hydroxylation sites is 1. The molecule has 244 valence electrons. The van der Waals surface area contributed by atoms with Crippen molar-refractivity contribution in [3.05, 3.63) is 188 Å². The third-order valence-corrected chi connectivity index (χ3v) is 9.78. The van der Waals surface area contributed by atoms with Crippen LogP contribution in [0, 0.1) is 0 Å². The van der Waals surface area contributed by atoms with Gasteiger partial charge in [0.05, 0.1) is 16.6 Å². The van der Waals surface area contributed by atoms with Crippen molar-refractivity contribution in [2.75, 3.05) is 0 Å². The van der Waals surface area contributed by atoms with E-state index in [0.29, 0.717) is 17.5 Å². The lowest BCUT2D eigenvalue weighted by Gasteiger charge is -2.14. The Balaban J connectivity index is 1.18. The maximum atomic E-state index is 5.01. The number of fused-ring (bicyclic) bond motifs is 5. The second-order valence-electron chi connectivity index (χ2n) is 12.9. The maximum Gasteiger partial charge on any atom is 0.164 e. The predicted molar refractivity (Wildman–Crippen MR) is 213 cm³/mol. The highest BCUT2D eigenvalue weighted by atomic mass is 15.0. The molecule has 0 aliphatic rings. The van der Waals surface area contributed by atoms with Crippen LogP contribution in [0.25, 0.3) is 89.4 Å². The lowest BCUT2D eigenvalue weighted by atomic mass is 10.1. The van der Waals surface area contributed by atoms with Gasteiger partial charge in [-0.25, -0.2) is 15.0 Å². The molecule has 0 radical (unpaired) electrons. The quantitative estimate of drug-likeness (QED) is 0.178. The van der Waals surface area contributed by atoms with Gasteiger partial charge in [-0.05, 0) is 47.5 Å². The summed E-state index contributed by atoms with van der Waals surface area (Å²) >= 11 is 0. The molecule has 0 saturated heterocycles. The Morgan fingerprint density at radius 1 is 0.346 bits per heavy atom. The summed E-state index contributed by atoms with van der Waals surface area (Å²) in [6, 6.07) is 63.5. The molecule has 3 aromatic heterocycles. The number of benzene rings is 7. The summed E-state index contributed by atoms with van der Waals surface area (Å²) < 4.78 is 4.72. The summed E-state index contributed by atoms with van der Waals surface area (Å²) in [5.74, 6) is 1.92. The van der Waals surface area contributed by atoms with E-state index in [-0.39, 0.29) is 0 Å². The maximum absolute atomic E-state index is 5.01. The first-order valence-electron chi connectivity index (χ1n) is 17.5. The van der Waals surface area contributed by atoms with E-state index in [9.17, 15) is 0 Å². The minimum absolute atomic E-state index is 0.628. The van der Waals surface area contributed by atoms with E-state index in [1.54, 1.807) is 0 Å². The number of rotatable bonds is 6. The molecule has 0 bridgehead atoms. The Bertz CT molecular complexity index is 2830. The zero-order chi connectivity index (χ0) is 34.4. The molecule has 0 fully saturated rings. The highest BCUT2D eigenvalue weighted by Gasteiger charge is 2.19. The Morgan fingerprint density at radius 2 is 0.885 bits per heavy atom. The molecule has 0 N–H and O–H groups in total. The zero-order valence-electron chi connectivity index (χ0n) is 28.1. The van der Waals surface area contributed by atoms with Crippen LogP contribution < -0.4 is 0 Å². The van der Waals surface area contributed by atoms with Crippen molar-refractivity contribution >= 4 is 32.7 Å². The van der Waals surface area contributed by atoms with Gasteiger partial charge in [-0.1, -0.05) is 146 Å². The van der Waals surface area contributed by atoms with Gasteiger partial charge >= 0.3 is 0 Å². The van der Waals surface area contributed by atoms with Crippen LogP contribution >= 0.6 is 0 Å². The molecule has 7 aromatic carbocycles. The fraction of sp³-hybridized carbons (Fsp3) is 0. The van der Waals surface area contributed by atoms with Crippen LogP contribution in [0.4, 0.5) is 0 Å². The van der Waals surface area contributed by atoms with Crippen molar-refractivity contribution in [2.24, 2.45) is 0 Å². The molecule has 52 heavy (non-hydrogen) atoms. The van der Waals surface area contributed by atoms with E-state index in [1.807, 2.05) is 60.7 Å². The van der Waals surface area contributed by atoms with Gasteiger partial charge in [0, 0.05) is 50.4 Å². The van der Waals surface area contributed by atoms with Crippen molar-refractivity contribution in [2.45, 2.75) is 0 Å². The van der Waals surface area contributed by atoms with Gasteiger partial charge in [0.2, 0.25) is 0 Å². The number of aromatic nitrogens is 5. The first-order valence-corrected chi connectivity index (χ1v) is 17.5. The first-order chi connectivity index (χ1) is 25.8. The molecule has 0 amide bonds. The highest BCUT2D eigenvalue weighted by Crippen LogP contribution is 2.39. The summed E-state index contributed by atoms with van der Waals surface area (Å²) in [5, 5.41) is 3.60. The van der Waals surface area contributed by atoms with Gasteiger partial charge < -0.3 is 9.13 Å². The van der Waals surface area contributed by atoms with Gasteiger partial charge in [-0.3, -0.25) is 0 Å². The Hall–Kier alpha value is -7.11. The predicted octanol–water partition coefficient (Wildman–Crippen LogP) is 11.6. The van der Waals surface area contributed by atoms with Crippen molar-refractivity contribution in [3.8, 4) is 56.7 Å². The second-order valence-corrected chi connectivity index (χ2v) is 12.9. The van der Waals surface area contributed by atoms with Gasteiger partial charge in [-0.2, -0.15) is 0 Å². The minimum Gasteiger partial charge on any atom is -0.315 e. The summed E-state index contributed by atoms with van der Waals surface area (Å²) in [4.78, 5) is 14.9. The van der Waals surface area contributed by atoms with Gasteiger partial charge in [0.25, 0.3) is 0 Å². The van der Waals surface area contributed by atoms with Crippen LogP contribution in [-0.4, -0.2) is 24.1 Å². The highest BCUT2D eigenvalue weighted by molar-refractivity contribution is 6.18. The van der Waals surface area contributed by atoms with Crippen LogP contribution in [-0.2, 0) is 0 Å². The normalized spacial score (nSPS) is 11.5. The fourth-order valence-corrected chi connectivity index (χ4v) is 7.34.